The van der Waals surface area contributed by atoms with E-state index in [0.717, 1.165) is 5.56 Å². The molecule has 3 aromatic rings. The molecule has 1 amide bonds. The first kappa shape index (κ1) is 17.8. The predicted octanol–water partition coefficient (Wildman–Crippen LogP) is 4.52. The van der Waals surface area contributed by atoms with E-state index in [1.54, 1.807) is 30.2 Å². The number of carbonyl (C=O) groups excluding carboxylic acids is 1. The zero-order chi connectivity index (χ0) is 18.5. The normalized spacial score (nSPS) is 10.6. The lowest BCUT2D eigenvalue weighted by Gasteiger charge is -2.19. The van der Waals surface area contributed by atoms with Gasteiger partial charge in [-0.3, -0.25) is 4.79 Å². The highest BCUT2D eigenvalue weighted by atomic mass is 16.5. The van der Waals surface area contributed by atoms with E-state index in [1.807, 2.05) is 32.2 Å². The largest absolute Gasteiger partial charge is 0.493 e. The molecule has 0 unspecified atom stereocenters. The van der Waals surface area contributed by atoms with Gasteiger partial charge in [-0.1, -0.05) is 42.5 Å². The Hall–Kier alpha value is -3.01. The van der Waals surface area contributed by atoms with Gasteiger partial charge in [0.25, 0.3) is 5.91 Å². The van der Waals surface area contributed by atoms with Crippen molar-refractivity contribution >= 4 is 16.7 Å². The van der Waals surface area contributed by atoms with Gasteiger partial charge in [-0.25, -0.2) is 0 Å². The second-order valence-corrected chi connectivity index (χ2v) is 6.10. The molecule has 4 heteroatoms. The Labute approximate surface area is 154 Å². The fourth-order valence-electron chi connectivity index (χ4n) is 3.05. The standard InChI is InChI=1S/C22H23NO3/c1-4-26-20-13-12-17(14-21(20)25-3)22(24)23(2)15-18-10-7-9-16-8-5-6-11-19(16)18/h5-14H,4,15H2,1-3H3. The number of hydrogen-bond acceptors (Lipinski definition) is 3. The van der Waals surface area contributed by atoms with Crippen LogP contribution >= 0.6 is 0 Å². The summed E-state index contributed by atoms with van der Waals surface area (Å²) in [5.74, 6) is 1.15. The average Bonchev–Trinajstić information content (AvgIpc) is 2.68. The number of ether oxygens (including phenoxy) is 2. The SMILES string of the molecule is CCOc1ccc(C(=O)N(C)Cc2cccc3ccccc23)cc1OC. The molecule has 0 aromatic heterocycles. The van der Waals surface area contributed by atoms with Crippen molar-refractivity contribution in [3.05, 3.63) is 71.8 Å². The van der Waals surface area contributed by atoms with Crippen molar-refractivity contribution in [2.45, 2.75) is 13.5 Å². The van der Waals surface area contributed by atoms with E-state index in [-0.39, 0.29) is 5.91 Å². The fraction of sp³-hybridized carbons (Fsp3) is 0.227. The molecule has 0 saturated carbocycles. The molecule has 26 heavy (non-hydrogen) atoms. The van der Waals surface area contributed by atoms with Gasteiger partial charge in [-0.05, 0) is 41.5 Å². The Balaban J connectivity index is 1.83. The van der Waals surface area contributed by atoms with Gasteiger partial charge in [0.05, 0.1) is 13.7 Å². The predicted molar refractivity (Wildman–Crippen MR) is 104 cm³/mol. The molecule has 0 fully saturated rings. The third-order valence-electron chi connectivity index (χ3n) is 4.34. The summed E-state index contributed by atoms with van der Waals surface area (Å²) in [4.78, 5) is 14.6. The van der Waals surface area contributed by atoms with Gasteiger partial charge in [-0.15, -0.1) is 0 Å². The Morgan fingerprint density at radius 1 is 1.00 bits per heavy atom. The van der Waals surface area contributed by atoms with Crippen molar-refractivity contribution in [3.63, 3.8) is 0 Å². The molecule has 0 heterocycles. The van der Waals surface area contributed by atoms with E-state index in [0.29, 0.717) is 30.2 Å². The maximum atomic E-state index is 12.9. The van der Waals surface area contributed by atoms with Crippen molar-refractivity contribution < 1.29 is 14.3 Å². The highest BCUT2D eigenvalue weighted by Gasteiger charge is 2.16. The van der Waals surface area contributed by atoms with E-state index in [9.17, 15) is 4.79 Å². The Morgan fingerprint density at radius 3 is 2.54 bits per heavy atom. The zero-order valence-electron chi connectivity index (χ0n) is 15.4. The van der Waals surface area contributed by atoms with E-state index in [1.165, 1.54) is 10.8 Å². The number of rotatable bonds is 6. The molecular formula is C22H23NO3. The molecule has 134 valence electrons. The first-order valence-electron chi connectivity index (χ1n) is 8.67. The molecule has 0 spiro atoms. The summed E-state index contributed by atoms with van der Waals surface area (Å²) in [6, 6.07) is 19.7. The van der Waals surface area contributed by atoms with Gasteiger partial charge in [0.15, 0.2) is 11.5 Å². The summed E-state index contributed by atoms with van der Waals surface area (Å²) in [6.07, 6.45) is 0. The van der Waals surface area contributed by atoms with Crippen LogP contribution in [-0.4, -0.2) is 31.6 Å². The molecule has 3 aromatic carbocycles. The molecular weight excluding hydrogens is 326 g/mol. The molecule has 0 bridgehead atoms. The number of benzene rings is 3. The van der Waals surface area contributed by atoms with E-state index < -0.39 is 0 Å². The Bertz CT molecular complexity index is 915. The summed E-state index contributed by atoms with van der Waals surface area (Å²) in [5.41, 5.74) is 1.70. The minimum Gasteiger partial charge on any atom is -0.493 e. The highest BCUT2D eigenvalue weighted by Crippen LogP contribution is 2.29. The third-order valence-corrected chi connectivity index (χ3v) is 4.34. The van der Waals surface area contributed by atoms with Gasteiger partial charge in [-0.2, -0.15) is 0 Å². The van der Waals surface area contributed by atoms with Crippen molar-refractivity contribution in [1.82, 2.24) is 4.90 Å². The van der Waals surface area contributed by atoms with Gasteiger partial charge in [0.1, 0.15) is 0 Å². The lowest BCUT2D eigenvalue weighted by Crippen LogP contribution is -2.26. The highest BCUT2D eigenvalue weighted by molar-refractivity contribution is 5.95. The number of carbonyl (C=O) groups is 1. The summed E-state index contributed by atoms with van der Waals surface area (Å²) >= 11 is 0. The van der Waals surface area contributed by atoms with Crippen LogP contribution in [0.25, 0.3) is 10.8 Å². The molecule has 3 rings (SSSR count). The number of fused-ring (bicyclic) bond motifs is 1. The second kappa shape index (κ2) is 7.91. The van der Waals surface area contributed by atoms with Crippen LogP contribution in [-0.2, 0) is 6.54 Å². The number of amides is 1. The Kier molecular flexibility index (Phi) is 5.42. The second-order valence-electron chi connectivity index (χ2n) is 6.10. The maximum absolute atomic E-state index is 12.9. The topological polar surface area (TPSA) is 38.8 Å². The number of hydrogen-bond donors (Lipinski definition) is 0. The van der Waals surface area contributed by atoms with Crippen molar-refractivity contribution in [3.8, 4) is 11.5 Å². The van der Waals surface area contributed by atoms with Crippen LogP contribution < -0.4 is 9.47 Å². The summed E-state index contributed by atoms with van der Waals surface area (Å²) in [5, 5.41) is 2.34. The van der Waals surface area contributed by atoms with Crippen LogP contribution in [0.4, 0.5) is 0 Å². The molecule has 0 aliphatic heterocycles. The van der Waals surface area contributed by atoms with Crippen LogP contribution in [0.15, 0.2) is 60.7 Å². The molecule has 0 saturated heterocycles. The lowest BCUT2D eigenvalue weighted by atomic mass is 10.0. The first-order valence-corrected chi connectivity index (χ1v) is 8.67. The summed E-state index contributed by atoms with van der Waals surface area (Å²) in [6.45, 7) is 3.00. The van der Waals surface area contributed by atoms with Gasteiger partial charge < -0.3 is 14.4 Å². The van der Waals surface area contributed by atoms with Crippen LogP contribution in [0, 0.1) is 0 Å². The smallest absolute Gasteiger partial charge is 0.254 e. The lowest BCUT2D eigenvalue weighted by molar-refractivity contribution is 0.0785. The van der Waals surface area contributed by atoms with Crippen LogP contribution in [0.1, 0.15) is 22.8 Å². The molecule has 0 atom stereocenters. The van der Waals surface area contributed by atoms with Gasteiger partial charge in [0.2, 0.25) is 0 Å². The van der Waals surface area contributed by atoms with Crippen LogP contribution in [0.5, 0.6) is 11.5 Å². The van der Waals surface area contributed by atoms with Crippen molar-refractivity contribution in [1.29, 1.82) is 0 Å². The van der Waals surface area contributed by atoms with E-state index in [4.69, 9.17) is 9.47 Å². The van der Waals surface area contributed by atoms with Gasteiger partial charge >= 0.3 is 0 Å². The van der Waals surface area contributed by atoms with Crippen molar-refractivity contribution in [2.75, 3.05) is 20.8 Å². The van der Waals surface area contributed by atoms with Crippen LogP contribution in [0.2, 0.25) is 0 Å². The quantitative estimate of drug-likeness (QED) is 0.657. The minimum absolute atomic E-state index is 0.0562. The zero-order valence-corrected chi connectivity index (χ0v) is 15.4. The summed E-state index contributed by atoms with van der Waals surface area (Å²) in [7, 11) is 3.39. The minimum atomic E-state index is -0.0562. The fourth-order valence-corrected chi connectivity index (χ4v) is 3.05. The van der Waals surface area contributed by atoms with Crippen molar-refractivity contribution in [2.24, 2.45) is 0 Å². The molecule has 0 N–H and O–H groups in total. The first-order chi connectivity index (χ1) is 12.6. The van der Waals surface area contributed by atoms with E-state index in [2.05, 4.69) is 24.3 Å². The average molecular weight is 349 g/mol. The maximum Gasteiger partial charge on any atom is 0.254 e. The summed E-state index contributed by atoms with van der Waals surface area (Å²) < 4.78 is 10.9. The van der Waals surface area contributed by atoms with Crippen LogP contribution in [0.3, 0.4) is 0 Å². The third kappa shape index (κ3) is 3.64. The monoisotopic (exact) mass is 349 g/mol. The molecule has 0 aliphatic carbocycles. The van der Waals surface area contributed by atoms with Gasteiger partial charge in [0, 0.05) is 19.2 Å². The Morgan fingerprint density at radius 2 is 1.77 bits per heavy atom. The molecule has 4 nitrogen and oxygen atoms in total. The number of methoxy groups -OCH3 is 1. The number of nitrogens with zero attached hydrogens (tertiary/aromatic N) is 1. The molecule has 0 radical (unpaired) electrons. The molecule has 0 aliphatic rings. The van der Waals surface area contributed by atoms with E-state index >= 15 is 0 Å².